The number of hydrogen-bond acceptors (Lipinski definition) is 8. The van der Waals surface area contributed by atoms with Crippen LogP contribution in [0, 0.1) is 6.92 Å². The van der Waals surface area contributed by atoms with Crippen LogP contribution in [0.15, 0.2) is 35.6 Å². The number of benzene rings is 1. The van der Waals surface area contributed by atoms with Crippen LogP contribution >= 0.6 is 23.1 Å². The van der Waals surface area contributed by atoms with E-state index < -0.39 is 0 Å². The zero-order chi connectivity index (χ0) is 24.6. The van der Waals surface area contributed by atoms with E-state index >= 15 is 0 Å². The number of pyridine rings is 1. The molecule has 1 N–H and O–H groups in total. The molecule has 1 fully saturated rings. The van der Waals surface area contributed by atoms with Gasteiger partial charge in [0, 0.05) is 24.2 Å². The fourth-order valence-corrected chi connectivity index (χ4v) is 7.16. The van der Waals surface area contributed by atoms with E-state index in [1.165, 1.54) is 41.1 Å². The largest absolute Gasteiger partial charge is 0.378 e. The average Bonchev–Trinajstić information content (AvgIpc) is 3.30. The van der Waals surface area contributed by atoms with Gasteiger partial charge in [0.15, 0.2) is 0 Å². The van der Waals surface area contributed by atoms with Crippen molar-refractivity contribution in [3.05, 3.63) is 47.3 Å². The quantitative estimate of drug-likeness (QED) is 0.280. The molecular weight excluding hydrogens is 490 g/mol. The van der Waals surface area contributed by atoms with Gasteiger partial charge >= 0.3 is 0 Å². The molecule has 7 nitrogen and oxygen atoms in total. The number of rotatable bonds is 5. The third kappa shape index (κ3) is 4.44. The van der Waals surface area contributed by atoms with Crippen molar-refractivity contribution in [2.75, 3.05) is 36.5 Å². The van der Waals surface area contributed by atoms with Crippen LogP contribution < -0.4 is 10.2 Å². The lowest BCUT2D eigenvalue weighted by atomic mass is 9.90. The Kier molecular flexibility index (Phi) is 6.54. The van der Waals surface area contributed by atoms with Crippen LogP contribution in [0.3, 0.4) is 0 Å². The Labute approximate surface area is 218 Å². The van der Waals surface area contributed by atoms with Crippen LogP contribution in [0.1, 0.15) is 36.5 Å². The zero-order valence-electron chi connectivity index (χ0n) is 20.5. The minimum absolute atomic E-state index is 0.0400. The molecule has 1 aliphatic carbocycles. The van der Waals surface area contributed by atoms with Gasteiger partial charge in [0.25, 0.3) is 0 Å². The minimum Gasteiger partial charge on any atom is -0.378 e. The molecule has 1 aliphatic heterocycles. The number of nitrogens with one attached hydrogen (secondary N) is 1. The number of hydrogen-bond donors (Lipinski definition) is 1. The first-order chi connectivity index (χ1) is 17.6. The number of aryl methyl sites for hydroxylation is 2. The number of amides is 1. The summed E-state index contributed by atoms with van der Waals surface area (Å²) < 4.78 is 6.62. The summed E-state index contributed by atoms with van der Waals surface area (Å²) in [7, 11) is 0. The van der Waals surface area contributed by atoms with Gasteiger partial charge in [0.05, 0.1) is 28.7 Å². The van der Waals surface area contributed by atoms with Gasteiger partial charge in [-0.2, -0.15) is 0 Å². The molecule has 1 atom stereocenters. The van der Waals surface area contributed by atoms with E-state index in [4.69, 9.17) is 14.7 Å². The predicted molar refractivity (Wildman–Crippen MR) is 148 cm³/mol. The van der Waals surface area contributed by atoms with Crippen molar-refractivity contribution < 1.29 is 9.53 Å². The van der Waals surface area contributed by atoms with Crippen LogP contribution in [0.5, 0.6) is 0 Å². The van der Waals surface area contributed by atoms with Crippen molar-refractivity contribution in [3.8, 4) is 0 Å². The molecule has 36 heavy (non-hydrogen) atoms. The third-order valence-corrected chi connectivity index (χ3v) is 9.26. The van der Waals surface area contributed by atoms with E-state index in [0.29, 0.717) is 0 Å². The first-order valence-corrected chi connectivity index (χ1v) is 14.2. The number of aromatic nitrogens is 3. The summed E-state index contributed by atoms with van der Waals surface area (Å²) in [5.74, 6) is 1.09. The second-order valence-corrected chi connectivity index (χ2v) is 11.8. The highest BCUT2D eigenvalue weighted by molar-refractivity contribution is 8.00. The van der Waals surface area contributed by atoms with Crippen molar-refractivity contribution >= 4 is 60.9 Å². The Morgan fingerprint density at radius 3 is 2.64 bits per heavy atom. The van der Waals surface area contributed by atoms with Crippen LogP contribution in [-0.4, -0.2) is 52.4 Å². The maximum atomic E-state index is 12.9. The maximum absolute atomic E-state index is 12.9. The summed E-state index contributed by atoms with van der Waals surface area (Å²) in [6, 6.07) is 7.86. The number of thioether (sulfide) groups is 1. The molecule has 2 aliphatic rings. The number of nitrogens with zero attached hydrogens (tertiary/aromatic N) is 4. The van der Waals surface area contributed by atoms with Crippen molar-refractivity contribution in [1.82, 2.24) is 15.0 Å². The fourth-order valence-electron chi connectivity index (χ4n) is 5.04. The normalized spacial score (nSPS) is 16.8. The SMILES string of the molecule is Cc1ccc(NC(=O)[C@H](C)Sc2ncnc3c2sc2nc(N4CCOCC4)c4c(c23)CCCC4)cc1. The van der Waals surface area contributed by atoms with Gasteiger partial charge in [-0.1, -0.05) is 29.5 Å². The first-order valence-electron chi connectivity index (χ1n) is 12.5. The molecule has 6 rings (SSSR count). The van der Waals surface area contributed by atoms with Crippen LogP contribution in [-0.2, 0) is 22.4 Å². The molecular formula is C27H29N5O2S2. The summed E-state index contributed by atoms with van der Waals surface area (Å²) in [6.07, 6.45) is 6.13. The van der Waals surface area contributed by atoms with Gasteiger partial charge in [0.2, 0.25) is 5.91 Å². The van der Waals surface area contributed by atoms with Gasteiger partial charge < -0.3 is 15.0 Å². The fraction of sp³-hybridized carbons (Fsp3) is 0.407. The van der Waals surface area contributed by atoms with E-state index in [-0.39, 0.29) is 11.2 Å². The van der Waals surface area contributed by atoms with Gasteiger partial charge in [-0.05, 0) is 62.8 Å². The number of carbonyl (C=O) groups is 1. The zero-order valence-corrected chi connectivity index (χ0v) is 22.2. The number of anilines is 2. The summed E-state index contributed by atoms with van der Waals surface area (Å²) in [6.45, 7) is 7.21. The van der Waals surface area contributed by atoms with Crippen LogP contribution in [0.25, 0.3) is 20.4 Å². The molecule has 3 aromatic heterocycles. The lowest BCUT2D eigenvalue weighted by molar-refractivity contribution is -0.115. The second-order valence-electron chi connectivity index (χ2n) is 9.45. The molecule has 0 spiro atoms. The maximum Gasteiger partial charge on any atom is 0.237 e. The van der Waals surface area contributed by atoms with Crippen molar-refractivity contribution in [3.63, 3.8) is 0 Å². The molecule has 9 heteroatoms. The molecule has 4 aromatic rings. The summed E-state index contributed by atoms with van der Waals surface area (Å²) >= 11 is 3.13. The highest BCUT2D eigenvalue weighted by Crippen LogP contribution is 2.43. The Morgan fingerprint density at radius 2 is 1.86 bits per heavy atom. The molecule has 186 valence electrons. The van der Waals surface area contributed by atoms with Crippen LogP contribution in [0.4, 0.5) is 11.5 Å². The summed E-state index contributed by atoms with van der Waals surface area (Å²) in [5.41, 5.74) is 5.72. The van der Waals surface area contributed by atoms with E-state index in [0.717, 1.165) is 76.3 Å². The highest BCUT2D eigenvalue weighted by atomic mass is 32.2. The average molecular weight is 520 g/mol. The molecule has 0 bridgehead atoms. The van der Waals surface area contributed by atoms with Gasteiger partial charge in [-0.3, -0.25) is 4.79 Å². The van der Waals surface area contributed by atoms with Gasteiger partial charge in [0.1, 0.15) is 22.0 Å². The number of carbonyl (C=O) groups excluding carboxylic acids is 1. The Hall–Kier alpha value is -2.75. The van der Waals surface area contributed by atoms with Crippen molar-refractivity contribution in [1.29, 1.82) is 0 Å². The first kappa shape index (κ1) is 23.6. The third-order valence-electron chi connectivity index (χ3n) is 6.95. The van der Waals surface area contributed by atoms with Crippen molar-refractivity contribution in [2.45, 2.75) is 49.8 Å². The molecule has 1 aromatic carbocycles. The number of fused-ring (bicyclic) bond motifs is 5. The molecule has 0 unspecified atom stereocenters. The summed E-state index contributed by atoms with van der Waals surface area (Å²) in [5, 5.41) is 4.74. The number of morpholine rings is 1. The molecule has 1 saturated heterocycles. The second kappa shape index (κ2) is 9.95. The highest BCUT2D eigenvalue weighted by Gasteiger charge is 2.27. The Balaban J connectivity index is 1.36. The number of thiophene rings is 1. The number of ether oxygens (including phenoxy) is 1. The molecule has 4 heterocycles. The Bertz CT molecular complexity index is 1430. The minimum atomic E-state index is -0.305. The van der Waals surface area contributed by atoms with Gasteiger partial charge in [-0.15, -0.1) is 11.3 Å². The topological polar surface area (TPSA) is 80.2 Å². The van der Waals surface area contributed by atoms with Crippen LogP contribution in [0.2, 0.25) is 0 Å². The summed E-state index contributed by atoms with van der Waals surface area (Å²) in [4.78, 5) is 30.8. The Morgan fingerprint density at radius 1 is 1.11 bits per heavy atom. The molecule has 0 saturated carbocycles. The van der Waals surface area contributed by atoms with E-state index in [1.54, 1.807) is 17.7 Å². The van der Waals surface area contributed by atoms with E-state index in [1.807, 2.05) is 38.1 Å². The molecule has 1 amide bonds. The lowest BCUT2D eigenvalue weighted by Crippen LogP contribution is -2.37. The molecule has 0 radical (unpaired) electrons. The van der Waals surface area contributed by atoms with E-state index in [2.05, 4.69) is 15.2 Å². The van der Waals surface area contributed by atoms with E-state index in [9.17, 15) is 4.79 Å². The van der Waals surface area contributed by atoms with Crippen molar-refractivity contribution in [2.24, 2.45) is 0 Å². The predicted octanol–water partition coefficient (Wildman–Crippen LogP) is 5.38. The van der Waals surface area contributed by atoms with Gasteiger partial charge in [-0.25, -0.2) is 15.0 Å². The lowest BCUT2D eigenvalue weighted by Gasteiger charge is -2.31. The standard InChI is InChI=1S/C27H29N5O2S2/c1-16-7-9-18(10-8-16)30-25(33)17(2)35-27-23-22(28-15-29-27)21-19-5-3-4-6-20(19)24(31-26(21)36-23)32-11-13-34-14-12-32/h7-10,15,17H,3-6,11-14H2,1-2H3,(H,30,33)/t17-/m0/s1. The monoisotopic (exact) mass is 519 g/mol. The smallest absolute Gasteiger partial charge is 0.237 e.